The summed E-state index contributed by atoms with van der Waals surface area (Å²) in [5.74, 6) is 0. The van der Waals surface area contributed by atoms with Crippen LogP contribution in [0.2, 0.25) is 10.0 Å². The number of hydrogen-bond acceptors (Lipinski definition) is 10. The Hall–Kier alpha value is -3.52. The predicted molar refractivity (Wildman–Crippen MR) is 197 cm³/mol. The van der Waals surface area contributed by atoms with Crippen LogP contribution >= 0.6 is 70.2 Å². The van der Waals surface area contributed by atoms with Gasteiger partial charge < -0.3 is 0 Å². The molecule has 0 fully saturated rings. The number of anilines is 2. The van der Waals surface area contributed by atoms with Crippen LogP contribution in [0.25, 0.3) is 9.81 Å². The SMILES string of the molecule is CSC1=C(c2ccc(Cl)cc2)S/C(=C2/SC(c3ccc(Cl)cc3)=C(SC)N2c2ccc([N+](=O)[O-])cc2)N1c1ccc([N+](=O)[O-])cc1. The fourth-order valence-corrected chi connectivity index (χ4v) is 9.81. The average molecular weight is 726 g/mol. The monoisotopic (exact) mass is 724 g/mol. The van der Waals surface area contributed by atoms with E-state index in [1.165, 1.54) is 24.3 Å². The lowest BCUT2D eigenvalue weighted by Crippen LogP contribution is -2.22. The first-order chi connectivity index (χ1) is 22.2. The van der Waals surface area contributed by atoms with Crippen molar-refractivity contribution in [3.63, 3.8) is 0 Å². The molecule has 4 aromatic rings. The van der Waals surface area contributed by atoms with Gasteiger partial charge in [-0.25, -0.2) is 0 Å². The number of benzene rings is 4. The van der Waals surface area contributed by atoms with Crippen molar-refractivity contribution in [2.45, 2.75) is 0 Å². The first kappa shape index (κ1) is 32.4. The van der Waals surface area contributed by atoms with Crippen molar-refractivity contribution in [3.05, 3.63) is 159 Å². The molecule has 0 aromatic heterocycles. The van der Waals surface area contributed by atoms with Crippen molar-refractivity contribution in [2.75, 3.05) is 22.3 Å². The number of hydrogen-bond donors (Lipinski definition) is 0. The van der Waals surface area contributed by atoms with E-state index in [4.69, 9.17) is 23.2 Å². The fourth-order valence-electron chi connectivity index (χ4n) is 4.89. The highest BCUT2D eigenvalue weighted by Crippen LogP contribution is 2.60. The Morgan fingerprint density at radius 1 is 0.565 bits per heavy atom. The van der Waals surface area contributed by atoms with Gasteiger partial charge in [0.25, 0.3) is 11.4 Å². The molecule has 8 nitrogen and oxygen atoms in total. The maximum atomic E-state index is 11.5. The molecule has 0 atom stereocenters. The van der Waals surface area contributed by atoms with E-state index in [0.29, 0.717) is 10.0 Å². The van der Waals surface area contributed by atoms with Gasteiger partial charge in [-0.15, -0.1) is 23.5 Å². The van der Waals surface area contributed by atoms with Crippen LogP contribution in [-0.2, 0) is 0 Å². The van der Waals surface area contributed by atoms with E-state index < -0.39 is 9.85 Å². The third-order valence-electron chi connectivity index (χ3n) is 7.02. The second-order valence-corrected chi connectivity index (χ2v) is 14.2. The Morgan fingerprint density at radius 3 is 1.17 bits per heavy atom. The Bertz CT molecular complexity index is 1790. The minimum absolute atomic E-state index is 0.00322. The zero-order chi connectivity index (χ0) is 32.5. The molecule has 2 aliphatic heterocycles. The van der Waals surface area contributed by atoms with Gasteiger partial charge >= 0.3 is 0 Å². The molecule has 0 N–H and O–H groups in total. The van der Waals surface area contributed by atoms with Gasteiger partial charge in [-0.05, 0) is 72.2 Å². The van der Waals surface area contributed by atoms with E-state index in [0.717, 1.165) is 52.4 Å². The molecular formula is C32H22Cl2N4O4S4. The molecule has 232 valence electrons. The van der Waals surface area contributed by atoms with Crippen molar-refractivity contribution in [1.29, 1.82) is 0 Å². The summed E-state index contributed by atoms with van der Waals surface area (Å²) in [6, 6.07) is 28.3. The smallest absolute Gasteiger partial charge is 0.269 e. The van der Waals surface area contributed by atoms with E-state index in [9.17, 15) is 20.2 Å². The van der Waals surface area contributed by atoms with Crippen LogP contribution in [0, 0.1) is 20.2 Å². The summed E-state index contributed by atoms with van der Waals surface area (Å²) in [7, 11) is 0. The molecule has 0 saturated carbocycles. The Labute approximate surface area is 291 Å². The van der Waals surface area contributed by atoms with Gasteiger partial charge in [-0.1, -0.05) is 71.0 Å². The number of rotatable bonds is 8. The molecule has 0 spiro atoms. The lowest BCUT2D eigenvalue weighted by molar-refractivity contribution is -0.385. The van der Waals surface area contributed by atoms with Gasteiger partial charge in [-0.3, -0.25) is 30.0 Å². The second-order valence-electron chi connectivity index (χ2n) is 9.72. The molecule has 0 aliphatic carbocycles. The molecule has 0 amide bonds. The number of halogens is 2. The van der Waals surface area contributed by atoms with Gasteiger partial charge in [0.1, 0.15) is 10.1 Å². The van der Waals surface area contributed by atoms with Crippen LogP contribution in [0.4, 0.5) is 22.7 Å². The Kier molecular flexibility index (Phi) is 9.64. The molecule has 0 radical (unpaired) electrons. The van der Waals surface area contributed by atoms with Gasteiger partial charge in [-0.2, -0.15) is 0 Å². The number of nitro benzene ring substituents is 2. The van der Waals surface area contributed by atoms with E-state index in [1.807, 2.05) is 61.0 Å². The van der Waals surface area contributed by atoms with Crippen molar-refractivity contribution in [1.82, 2.24) is 0 Å². The minimum Gasteiger partial charge on any atom is -0.296 e. The van der Waals surface area contributed by atoms with Gasteiger partial charge in [0.05, 0.1) is 29.7 Å². The van der Waals surface area contributed by atoms with Crippen LogP contribution < -0.4 is 9.80 Å². The average Bonchev–Trinajstić information content (AvgIpc) is 3.64. The van der Waals surface area contributed by atoms with Crippen molar-refractivity contribution in [3.8, 4) is 0 Å². The summed E-state index contributed by atoms with van der Waals surface area (Å²) in [5, 5.41) is 27.9. The molecule has 0 unspecified atom stereocenters. The van der Waals surface area contributed by atoms with Crippen LogP contribution in [0.3, 0.4) is 0 Å². The second kappa shape index (κ2) is 13.7. The molecule has 2 heterocycles. The van der Waals surface area contributed by atoms with Crippen molar-refractivity contribution >= 4 is 103 Å². The zero-order valence-corrected chi connectivity index (χ0v) is 28.8. The summed E-state index contributed by atoms with van der Waals surface area (Å²) in [5.41, 5.74) is 3.45. The lowest BCUT2D eigenvalue weighted by Gasteiger charge is -2.28. The van der Waals surface area contributed by atoms with Gasteiger partial charge in [0.15, 0.2) is 0 Å². The number of thioether (sulfide) groups is 4. The van der Waals surface area contributed by atoms with Crippen LogP contribution in [0.5, 0.6) is 0 Å². The molecule has 0 bridgehead atoms. The first-order valence-electron chi connectivity index (χ1n) is 13.5. The number of nitro groups is 2. The van der Waals surface area contributed by atoms with E-state index in [1.54, 1.807) is 71.3 Å². The number of nitrogens with zero attached hydrogens (tertiary/aromatic N) is 4. The molecular weight excluding hydrogens is 704 g/mol. The Morgan fingerprint density at radius 2 is 0.891 bits per heavy atom. The molecule has 6 rings (SSSR count). The normalized spacial score (nSPS) is 16.5. The maximum Gasteiger partial charge on any atom is 0.269 e. The number of non-ortho nitro benzene ring substituents is 2. The molecule has 0 saturated heterocycles. The lowest BCUT2D eigenvalue weighted by atomic mass is 10.2. The molecule has 4 aromatic carbocycles. The maximum absolute atomic E-state index is 11.5. The topological polar surface area (TPSA) is 92.8 Å². The standard InChI is InChI=1S/C32H22Cl2N4O4S4/c1-43-29-27(19-3-7-21(33)8-4-19)45-31(35(29)23-11-15-25(16-12-23)37(39)40)32-36(24-13-17-26(18-14-24)38(41)42)30(44-2)28(46-32)20-5-9-22(34)10-6-20/h3-18H,1-2H3/b32-31+. The minimum atomic E-state index is -0.414. The van der Waals surface area contributed by atoms with E-state index in [2.05, 4.69) is 9.80 Å². The van der Waals surface area contributed by atoms with Crippen LogP contribution in [0.1, 0.15) is 11.1 Å². The van der Waals surface area contributed by atoms with Gasteiger partial charge in [0, 0.05) is 45.7 Å². The van der Waals surface area contributed by atoms with E-state index >= 15 is 0 Å². The highest BCUT2D eigenvalue weighted by atomic mass is 35.5. The third kappa shape index (κ3) is 6.25. The van der Waals surface area contributed by atoms with Crippen molar-refractivity contribution < 1.29 is 9.85 Å². The molecule has 14 heteroatoms. The summed E-state index contributed by atoms with van der Waals surface area (Å²) in [6.45, 7) is 0. The van der Waals surface area contributed by atoms with Crippen LogP contribution in [-0.4, -0.2) is 22.4 Å². The zero-order valence-electron chi connectivity index (χ0n) is 24.0. The van der Waals surface area contributed by atoms with E-state index in [-0.39, 0.29) is 11.4 Å². The predicted octanol–water partition coefficient (Wildman–Crippen LogP) is 11.1. The molecule has 2 aliphatic rings. The van der Waals surface area contributed by atoms with Gasteiger partial charge in [0.2, 0.25) is 0 Å². The Balaban J connectivity index is 1.59. The molecule has 46 heavy (non-hydrogen) atoms. The largest absolute Gasteiger partial charge is 0.296 e. The fraction of sp³-hybridized carbons (Fsp3) is 0.0625. The summed E-state index contributed by atoms with van der Waals surface area (Å²) in [6.07, 6.45) is 4.00. The highest BCUT2D eigenvalue weighted by molar-refractivity contribution is 8.17. The summed E-state index contributed by atoms with van der Waals surface area (Å²) in [4.78, 5) is 28.4. The summed E-state index contributed by atoms with van der Waals surface area (Å²) >= 11 is 18.8. The van der Waals surface area contributed by atoms with Crippen molar-refractivity contribution in [2.24, 2.45) is 0 Å². The first-order valence-corrected chi connectivity index (χ1v) is 18.3. The van der Waals surface area contributed by atoms with Crippen LogP contribution in [0.15, 0.2) is 117 Å². The summed E-state index contributed by atoms with van der Waals surface area (Å²) < 4.78 is 0. The highest BCUT2D eigenvalue weighted by Gasteiger charge is 2.39. The third-order valence-corrected chi connectivity index (χ3v) is 11.9. The quantitative estimate of drug-likeness (QED) is 0.129.